The van der Waals surface area contributed by atoms with Gasteiger partial charge in [0, 0.05) is 29.8 Å². The van der Waals surface area contributed by atoms with E-state index in [1.165, 1.54) is 5.69 Å². The maximum atomic E-state index is 9.96. The van der Waals surface area contributed by atoms with Gasteiger partial charge in [-0.25, -0.2) is 0 Å². The molecule has 1 aliphatic heterocycles. The number of anilines is 1. The Labute approximate surface area is 111 Å². The minimum atomic E-state index is -0.509. The zero-order valence-electron chi connectivity index (χ0n) is 10.1. The third-order valence-corrected chi connectivity index (χ3v) is 3.94. The first kappa shape index (κ1) is 12.9. The van der Waals surface area contributed by atoms with Crippen LogP contribution >= 0.6 is 15.9 Å². The van der Waals surface area contributed by atoms with Gasteiger partial charge >= 0.3 is 0 Å². The van der Waals surface area contributed by atoms with Crippen molar-refractivity contribution in [3.63, 3.8) is 0 Å². The lowest BCUT2D eigenvalue weighted by Crippen LogP contribution is -2.42. The van der Waals surface area contributed by atoms with Crippen molar-refractivity contribution in [2.45, 2.75) is 31.9 Å². The molecule has 0 radical (unpaired) electrons. The van der Waals surface area contributed by atoms with Crippen LogP contribution in [0.15, 0.2) is 22.7 Å². The maximum Gasteiger partial charge on any atom is 0.0653 e. The van der Waals surface area contributed by atoms with Crippen molar-refractivity contribution in [3.05, 3.63) is 28.2 Å². The lowest BCUT2D eigenvalue weighted by atomic mass is 9.93. The molecule has 3 N–H and O–H groups in total. The third kappa shape index (κ3) is 3.00. The molecule has 17 heavy (non-hydrogen) atoms. The number of aliphatic hydroxyl groups is 1. The van der Waals surface area contributed by atoms with Crippen molar-refractivity contribution in [1.29, 1.82) is 0 Å². The van der Waals surface area contributed by atoms with Crippen molar-refractivity contribution in [2.75, 3.05) is 18.0 Å². The minimum absolute atomic E-state index is 0.509. The van der Waals surface area contributed by atoms with Gasteiger partial charge < -0.3 is 15.7 Å². The Morgan fingerprint density at radius 1 is 1.41 bits per heavy atom. The first-order chi connectivity index (χ1) is 8.02. The van der Waals surface area contributed by atoms with Crippen LogP contribution in [0.2, 0.25) is 0 Å². The van der Waals surface area contributed by atoms with Gasteiger partial charge in [-0.2, -0.15) is 0 Å². The Morgan fingerprint density at radius 3 is 2.65 bits per heavy atom. The van der Waals surface area contributed by atoms with Crippen LogP contribution in [0.3, 0.4) is 0 Å². The Morgan fingerprint density at radius 2 is 2.06 bits per heavy atom. The first-order valence-electron chi connectivity index (χ1n) is 5.98. The predicted octanol–water partition coefficient (Wildman–Crippen LogP) is 2.26. The molecule has 0 aliphatic carbocycles. The summed E-state index contributed by atoms with van der Waals surface area (Å²) in [5.74, 6) is 0. The van der Waals surface area contributed by atoms with Crippen molar-refractivity contribution >= 4 is 21.6 Å². The van der Waals surface area contributed by atoms with E-state index in [-0.39, 0.29) is 0 Å². The number of benzene rings is 1. The van der Waals surface area contributed by atoms with Crippen molar-refractivity contribution in [1.82, 2.24) is 0 Å². The smallest absolute Gasteiger partial charge is 0.0653 e. The van der Waals surface area contributed by atoms with E-state index in [0.717, 1.165) is 36.0 Å². The summed E-state index contributed by atoms with van der Waals surface area (Å²) in [6.45, 7) is 4.23. The Balaban J connectivity index is 2.20. The fraction of sp³-hybridized carbons (Fsp3) is 0.538. The molecule has 94 valence electrons. The van der Waals surface area contributed by atoms with Crippen LogP contribution < -0.4 is 10.6 Å². The van der Waals surface area contributed by atoms with Crippen LogP contribution in [-0.4, -0.2) is 23.8 Å². The van der Waals surface area contributed by atoms with Gasteiger partial charge in [0.1, 0.15) is 0 Å². The number of piperidine rings is 1. The molecule has 4 heteroatoms. The maximum absolute atomic E-state index is 9.96. The highest BCUT2D eigenvalue weighted by Crippen LogP contribution is 2.30. The molecule has 0 aromatic heterocycles. The number of hydrogen-bond acceptors (Lipinski definition) is 3. The minimum Gasteiger partial charge on any atom is -0.390 e. The van der Waals surface area contributed by atoms with Gasteiger partial charge in [-0.1, -0.05) is 22.0 Å². The van der Waals surface area contributed by atoms with Gasteiger partial charge in [0.05, 0.1) is 5.60 Å². The quantitative estimate of drug-likeness (QED) is 0.880. The van der Waals surface area contributed by atoms with Crippen LogP contribution in [0, 0.1) is 0 Å². The molecule has 0 unspecified atom stereocenters. The molecule has 0 amide bonds. The molecule has 2 rings (SSSR count). The third-order valence-electron chi connectivity index (χ3n) is 3.45. The summed E-state index contributed by atoms with van der Waals surface area (Å²) in [5, 5.41) is 9.96. The molecule has 1 saturated heterocycles. The Kier molecular flexibility index (Phi) is 3.76. The van der Waals surface area contributed by atoms with Crippen LogP contribution in [0.4, 0.5) is 5.69 Å². The Hall–Kier alpha value is -0.580. The van der Waals surface area contributed by atoms with E-state index in [4.69, 9.17) is 5.73 Å². The van der Waals surface area contributed by atoms with Gasteiger partial charge in [-0.15, -0.1) is 0 Å². The van der Waals surface area contributed by atoms with Gasteiger partial charge in [0.25, 0.3) is 0 Å². The number of nitrogens with zero attached hydrogens (tertiary/aromatic N) is 1. The predicted molar refractivity (Wildman–Crippen MR) is 74.1 cm³/mol. The number of hydrogen-bond donors (Lipinski definition) is 2. The molecule has 0 saturated carbocycles. The molecule has 3 nitrogen and oxygen atoms in total. The molecule has 0 spiro atoms. The van der Waals surface area contributed by atoms with Gasteiger partial charge in [-0.3, -0.25) is 0 Å². The van der Waals surface area contributed by atoms with Crippen LogP contribution in [0.5, 0.6) is 0 Å². The van der Waals surface area contributed by atoms with Gasteiger partial charge in [0.15, 0.2) is 0 Å². The second-order valence-corrected chi connectivity index (χ2v) is 5.88. The normalized spacial score (nSPS) is 19.4. The average Bonchev–Trinajstić information content (AvgIpc) is 2.29. The first-order valence-corrected chi connectivity index (χ1v) is 6.77. The monoisotopic (exact) mass is 298 g/mol. The summed E-state index contributed by atoms with van der Waals surface area (Å²) < 4.78 is 1.07. The summed E-state index contributed by atoms with van der Waals surface area (Å²) in [6.07, 6.45) is 1.62. The number of halogens is 1. The number of nitrogens with two attached hydrogens (primary N) is 1. The Bertz CT molecular complexity index is 396. The fourth-order valence-electron chi connectivity index (χ4n) is 2.23. The molecule has 1 heterocycles. The molecule has 1 aromatic rings. The SMILES string of the molecule is CC1(O)CCN(c2cc(Br)ccc2CN)CC1. The van der Waals surface area contributed by atoms with Crippen molar-refractivity contribution < 1.29 is 5.11 Å². The van der Waals surface area contributed by atoms with E-state index < -0.39 is 5.60 Å². The summed E-state index contributed by atoms with van der Waals surface area (Å²) in [5.41, 5.74) is 7.61. The van der Waals surface area contributed by atoms with Crippen LogP contribution in [0.25, 0.3) is 0 Å². The van der Waals surface area contributed by atoms with E-state index >= 15 is 0 Å². The number of rotatable bonds is 2. The van der Waals surface area contributed by atoms with E-state index in [9.17, 15) is 5.11 Å². The van der Waals surface area contributed by atoms with Gasteiger partial charge in [-0.05, 0) is 37.5 Å². The molecular weight excluding hydrogens is 280 g/mol. The zero-order chi connectivity index (χ0) is 12.5. The summed E-state index contributed by atoms with van der Waals surface area (Å²) >= 11 is 3.50. The largest absolute Gasteiger partial charge is 0.390 e. The highest BCUT2D eigenvalue weighted by molar-refractivity contribution is 9.10. The average molecular weight is 299 g/mol. The molecule has 1 fully saturated rings. The summed E-state index contributed by atoms with van der Waals surface area (Å²) in [4.78, 5) is 2.31. The summed E-state index contributed by atoms with van der Waals surface area (Å²) in [7, 11) is 0. The highest BCUT2D eigenvalue weighted by atomic mass is 79.9. The van der Waals surface area contributed by atoms with Crippen LogP contribution in [0.1, 0.15) is 25.3 Å². The molecular formula is C13H19BrN2O. The van der Waals surface area contributed by atoms with E-state index in [0.29, 0.717) is 6.54 Å². The zero-order valence-corrected chi connectivity index (χ0v) is 11.7. The second-order valence-electron chi connectivity index (χ2n) is 4.96. The highest BCUT2D eigenvalue weighted by Gasteiger charge is 2.28. The van der Waals surface area contributed by atoms with E-state index in [1.54, 1.807) is 0 Å². The lowest BCUT2D eigenvalue weighted by Gasteiger charge is -2.38. The van der Waals surface area contributed by atoms with E-state index in [2.05, 4.69) is 33.0 Å². The van der Waals surface area contributed by atoms with E-state index in [1.807, 2.05) is 13.0 Å². The molecule has 0 atom stereocenters. The topological polar surface area (TPSA) is 49.5 Å². The van der Waals surface area contributed by atoms with Crippen molar-refractivity contribution in [3.8, 4) is 0 Å². The second kappa shape index (κ2) is 4.96. The molecule has 0 bridgehead atoms. The molecule has 1 aliphatic rings. The molecule has 1 aromatic carbocycles. The van der Waals surface area contributed by atoms with Crippen molar-refractivity contribution in [2.24, 2.45) is 5.73 Å². The van der Waals surface area contributed by atoms with Gasteiger partial charge in [0.2, 0.25) is 0 Å². The summed E-state index contributed by atoms with van der Waals surface area (Å²) in [6, 6.07) is 6.19. The lowest BCUT2D eigenvalue weighted by molar-refractivity contribution is 0.0351. The van der Waals surface area contributed by atoms with Crippen LogP contribution in [-0.2, 0) is 6.54 Å². The standard InChI is InChI=1S/C13H19BrN2O/c1-13(17)4-6-16(7-5-13)12-8-11(14)3-2-10(12)9-15/h2-3,8,17H,4-7,9,15H2,1H3. The fourth-order valence-corrected chi connectivity index (χ4v) is 2.58.